The van der Waals surface area contributed by atoms with Crippen LogP contribution >= 0.6 is 0 Å². The Kier molecular flexibility index (Phi) is 9.83. The summed E-state index contributed by atoms with van der Waals surface area (Å²) in [6, 6.07) is 94.6. The van der Waals surface area contributed by atoms with Gasteiger partial charge in [-0.15, -0.1) is 0 Å². The third kappa shape index (κ3) is 6.69. The molecule has 13 aromatic carbocycles. The molecule has 5 nitrogen and oxygen atoms in total. The highest BCUT2D eigenvalue weighted by Gasteiger charge is 2.37. The summed E-state index contributed by atoms with van der Waals surface area (Å²) in [5.41, 5.74) is 25.8. The number of nitrogens with zero attached hydrogens (tertiary/aromatic N) is 3. The number of rotatable bonds is 5. The summed E-state index contributed by atoms with van der Waals surface area (Å²) >= 11 is 0. The highest BCUT2D eigenvalue weighted by Crippen LogP contribution is 2.53. The van der Waals surface area contributed by atoms with Crippen molar-refractivity contribution in [3.8, 4) is 72.4 Å². The maximum atomic E-state index is 15.4. The molecule has 18 aromatic rings. The van der Waals surface area contributed by atoms with E-state index in [9.17, 15) is 4.79 Å². The largest absolute Gasteiger partial charge is 0.309 e. The van der Waals surface area contributed by atoms with Crippen molar-refractivity contribution in [2.24, 2.45) is 0 Å². The van der Waals surface area contributed by atoms with Crippen molar-refractivity contribution >= 4 is 97.7 Å². The van der Waals surface area contributed by atoms with Crippen molar-refractivity contribution in [2.45, 2.75) is 38.5 Å². The second kappa shape index (κ2) is 17.7. The van der Waals surface area contributed by atoms with Crippen LogP contribution in [0.3, 0.4) is 0 Å². The van der Waals surface area contributed by atoms with Crippen LogP contribution in [-0.2, 0) is 10.8 Å². The molecule has 0 radical (unpaired) electrons. The predicted molar refractivity (Wildman–Crippen MR) is 380 cm³/mol. The minimum atomic E-state index is -0.299. The molecular weight excluding hydrogens is 1110 g/mol. The minimum Gasteiger partial charge on any atom is -0.309 e. The second-order valence-electron chi connectivity index (χ2n) is 26.7. The zero-order valence-electron chi connectivity index (χ0n) is 50.5. The quantitative estimate of drug-likeness (QED) is 0.161. The molecule has 0 saturated heterocycles. The highest BCUT2D eigenvalue weighted by atomic mass is 16.1. The molecular formula is C86H55N3O2. The molecule has 5 heterocycles. The molecule has 0 N–H and O–H groups in total. The third-order valence-electron chi connectivity index (χ3n) is 21.3. The standard InChI is InChI=1S/C86H55N3O2/c1-85(2)73-25-15-13-22-58(73)59-32-27-52(44-75(59)85)51-31-36-78-66(39-51)71-43-55(42-69-57-21-11-12-24-62(57)83(90)88(78)81(69)71)53-28-33-60-65-38-50(30-35-74(65)86(3,4)76(60)45-53)49-29-34-63-64(37-49)70-40-54(48-17-7-5-8-18-48)41-72-68-46-67-61-23-14-16-26-77(61)87(56-19-9-6-10-20-56)79(67)47-80(68)89(82(70)72)84(63)91/h5-47H,1-4H3. The van der Waals surface area contributed by atoms with Crippen molar-refractivity contribution < 1.29 is 0 Å². The Morgan fingerprint density at radius 2 is 0.692 bits per heavy atom. The summed E-state index contributed by atoms with van der Waals surface area (Å²) < 4.78 is 6.28. The van der Waals surface area contributed by atoms with Gasteiger partial charge < -0.3 is 4.57 Å². The molecule has 0 fully saturated rings. The molecule has 0 amide bonds. The fourth-order valence-corrected chi connectivity index (χ4v) is 16.9. The Labute approximate surface area is 522 Å². The molecule has 2 aliphatic carbocycles. The summed E-state index contributed by atoms with van der Waals surface area (Å²) in [5, 5.41) is 12.0. The number of para-hydroxylation sites is 2. The van der Waals surface area contributed by atoms with Gasteiger partial charge in [0.15, 0.2) is 0 Å². The Morgan fingerprint density at radius 3 is 1.42 bits per heavy atom. The van der Waals surface area contributed by atoms with E-state index in [1.807, 2.05) is 27.0 Å². The Morgan fingerprint density at radius 1 is 0.242 bits per heavy atom. The van der Waals surface area contributed by atoms with Crippen molar-refractivity contribution in [2.75, 3.05) is 0 Å². The molecule has 2 aliphatic rings. The maximum absolute atomic E-state index is 15.4. The maximum Gasteiger partial charge on any atom is 0.263 e. The first-order valence-electron chi connectivity index (χ1n) is 31.6. The molecule has 20 rings (SSSR count). The van der Waals surface area contributed by atoms with Gasteiger partial charge in [-0.3, -0.25) is 18.4 Å². The van der Waals surface area contributed by atoms with E-state index in [1.165, 1.54) is 55.5 Å². The molecule has 5 aromatic heterocycles. The SMILES string of the molecule is CC1(C)c2ccccc2-c2ccc(-c3ccc4c(c3)c3cc(-c5ccc6c(c5)C(C)(C)c5ccc(-c7ccc8c(=O)n9c%10cc%11c(cc%10c%10cc(-c%12ccccc%12)cc(c8c7)c%109)c7ccccc7n%11-c7ccccc7)cc5-6)cc5c6ccccc6c(=O)n4c53)cc21. The van der Waals surface area contributed by atoms with Gasteiger partial charge in [-0.2, -0.15) is 0 Å². The zero-order chi connectivity index (χ0) is 60.5. The minimum absolute atomic E-state index is 0.00474. The van der Waals surface area contributed by atoms with Gasteiger partial charge in [0.25, 0.3) is 11.1 Å². The molecule has 91 heavy (non-hydrogen) atoms. The van der Waals surface area contributed by atoms with E-state index >= 15 is 4.79 Å². The summed E-state index contributed by atoms with van der Waals surface area (Å²) in [6.45, 7) is 9.37. The lowest BCUT2D eigenvalue weighted by Crippen LogP contribution is -2.15. The summed E-state index contributed by atoms with van der Waals surface area (Å²) in [4.78, 5) is 30.2. The van der Waals surface area contributed by atoms with Crippen LogP contribution in [0.1, 0.15) is 49.9 Å². The molecule has 0 aliphatic heterocycles. The first-order chi connectivity index (χ1) is 44.5. The van der Waals surface area contributed by atoms with Gasteiger partial charge in [0.2, 0.25) is 0 Å². The van der Waals surface area contributed by atoms with Gasteiger partial charge in [-0.05, 0) is 203 Å². The molecule has 5 heteroatoms. The van der Waals surface area contributed by atoms with Crippen molar-refractivity contribution in [3.05, 3.63) is 304 Å². The molecule has 0 atom stereocenters. The van der Waals surface area contributed by atoms with E-state index < -0.39 is 0 Å². The van der Waals surface area contributed by atoms with Crippen LogP contribution < -0.4 is 11.1 Å². The zero-order valence-corrected chi connectivity index (χ0v) is 50.5. The summed E-state index contributed by atoms with van der Waals surface area (Å²) in [7, 11) is 0. The van der Waals surface area contributed by atoms with Crippen LogP contribution in [0.15, 0.2) is 270 Å². The molecule has 0 bridgehead atoms. The van der Waals surface area contributed by atoms with Crippen LogP contribution in [0.4, 0.5) is 0 Å². The van der Waals surface area contributed by atoms with Gasteiger partial charge in [-0.25, -0.2) is 0 Å². The van der Waals surface area contributed by atoms with Crippen molar-refractivity contribution in [1.82, 2.24) is 13.4 Å². The fraction of sp³-hybridized carbons (Fsp3) is 0.0698. The lowest BCUT2D eigenvalue weighted by molar-refractivity contribution is 0.660. The summed E-state index contributed by atoms with van der Waals surface area (Å²) in [6.07, 6.45) is 0. The number of pyridine rings is 2. The van der Waals surface area contributed by atoms with E-state index in [0.29, 0.717) is 10.8 Å². The number of fused-ring (bicyclic) bond motifs is 19. The number of hydrogen-bond donors (Lipinski definition) is 0. The molecule has 0 saturated carbocycles. The average molecular weight is 1160 g/mol. The third-order valence-corrected chi connectivity index (χ3v) is 21.3. The first kappa shape index (κ1) is 50.6. The fourth-order valence-electron chi connectivity index (χ4n) is 16.9. The predicted octanol–water partition coefficient (Wildman–Crippen LogP) is 21.1. The van der Waals surface area contributed by atoms with Crippen molar-refractivity contribution in [3.63, 3.8) is 0 Å². The van der Waals surface area contributed by atoms with Gasteiger partial charge in [0.05, 0.1) is 33.1 Å². The van der Waals surface area contributed by atoms with Crippen LogP contribution in [0.2, 0.25) is 0 Å². The summed E-state index contributed by atoms with van der Waals surface area (Å²) in [5.74, 6) is 0. The van der Waals surface area contributed by atoms with Gasteiger partial charge in [0, 0.05) is 70.4 Å². The van der Waals surface area contributed by atoms with Gasteiger partial charge in [-0.1, -0.05) is 185 Å². The smallest absolute Gasteiger partial charge is 0.263 e. The van der Waals surface area contributed by atoms with Crippen LogP contribution in [0, 0.1) is 0 Å². The van der Waals surface area contributed by atoms with Crippen LogP contribution in [0.5, 0.6) is 0 Å². The monoisotopic (exact) mass is 1160 g/mol. The lowest BCUT2D eigenvalue weighted by Gasteiger charge is -2.22. The molecule has 0 unspecified atom stereocenters. The molecule has 426 valence electrons. The number of hydrogen-bond acceptors (Lipinski definition) is 2. The van der Waals surface area contributed by atoms with E-state index in [-0.39, 0.29) is 21.9 Å². The number of benzene rings is 13. The van der Waals surface area contributed by atoms with Gasteiger partial charge >= 0.3 is 0 Å². The van der Waals surface area contributed by atoms with Gasteiger partial charge in [0.1, 0.15) is 0 Å². The van der Waals surface area contributed by atoms with E-state index in [0.717, 1.165) is 126 Å². The normalized spacial score (nSPS) is 14.0. The van der Waals surface area contributed by atoms with E-state index in [1.54, 1.807) is 0 Å². The van der Waals surface area contributed by atoms with E-state index in [4.69, 9.17) is 0 Å². The van der Waals surface area contributed by atoms with Crippen molar-refractivity contribution in [1.29, 1.82) is 0 Å². The van der Waals surface area contributed by atoms with Crippen LogP contribution in [-0.4, -0.2) is 13.4 Å². The Balaban J connectivity index is 0.734. The van der Waals surface area contributed by atoms with Crippen LogP contribution in [0.25, 0.3) is 170 Å². The first-order valence-corrected chi connectivity index (χ1v) is 31.6. The van der Waals surface area contributed by atoms with E-state index in [2.05, 4.69) is 275 Å². The lowest BCUT2D eigenvalue weighted by atomic mass is 9.81. The topological polar surface area (TPSA) is 47.9 Å². The Bertz CT molecular complexity index is 6420. The average Bonchev–Trinajstić information content (AvgIpc) is 1.57. The highest BCUT2D eigenvalue weighted by molar-refractivity contribution is 6.26. The Hall–Kier alpha value is -11.4. The molecule has 0 spiro atoms. The number of aromatic nitrogens is 3. The second-order valence-corrected chi connectivity index (χ2v) is 26.7.